The summed E-state index contributed by atoms with van der Waals surface area (Å²) in [7, 11) is 3.95. The zero-order chi connectivity index (χ0) is 13.5. The van der Waals surface area contributed by atoms with Crippen molar-refractivity contribution in [3.05, 3.63) is 28.3 Å². The number of nitrogens with one attached hydrogen (secondary N) is 1. The van der Waals surface area contributed by atoms with Crippen molar-refractivity contribution in [3.63, 3.8) is 0 Å². The number of nitrogens with zero attached hydrogens (tertiary/aromatic N) is 2. The highest BCUT2D eigenvalue weighted by Crippen LogP contribution is 2.25. The fourth-order valence-electron chi connectivity index (χ4n) is 1.46. The van der Waals surface area contributed by atoms with Crippen LogP contribution in [0.15, 0.2) is 18.2 Å². The second-order valence-electron chi connectivity index (χ2n) is 4.14. The van der Waals surface area contributed by atoms with Crippen LogP contribution in [-0.4, -0.2) is 43.6 Å². The van der Waals surface area contributed by atoms with Gasteiger partial charge in [-0.3, -0.25) is 10.1 Å². The van der Waals surface area contributed by atoms with Gasteiger partial charge >= 0.3 is 0 Å². The van der Waals surface area contributed by atoms with Crippen molar-refractivity contribution in [2.75, 3.05) is 39.1 Å². The monoisotopic (exact) mass is 253 g/mol. The number of likely N-dealkylation sites (N-methyl/N-ethyl adjacent to an activating group) is 1. The highest BCUT2D eigenvalue weighted by molar-refractivity contribution is 5.56. The zero-order valence-electron chi connectivity index (χ0n) is 11.0. The van der Waals surface area contributed by atoms with Crippen LogP contribution in [0, 0.1) is 10.1 Å². The van der Waals surface area contributed by atoms with Gasteiger partial charge in [-0.2, -0.15) is 0 Å². The van der Waals surface area contributed by atoms with Crippen molar-refractivity contribution < 1.29 is 9.66 Å². The first kappa shape index (κ1) is 14.2. The molecular formula is C12H19N3O3. The first-order valence-electron chi connectivity index (χ1n) is 5.83. The molecule has 0 amide bonds. The predicted molar refractivity (Wildman–Crippen MR) is 71.3 cm³/mol. The van der Waals surface area contributed by atoms with Crippen LogP contribution in [0.4, 0.5) is 11.4 Å². The maximum atomic E-state index is 10.8. The first-order valence-corrected chi connectivity index (χ1v) is 5.83. The van der Waals surface area contributed by atoms with Gasteiger partial charge in [-0.05, 0) is 21.0 Å². The summed E-state index contributed by atoms with van der Waals surface area (Å²) in [5.74, 6) is 0.513. The van der Waals surface area contributed by atoms with Crippen LogP contribution < -0.4 is 10.1 Å². The number of hydrogen-bond acceptors (Lipinski definition) is 5. The van der Waals surface area contributed by atoms with E-state index in [1.165, 1.54) is 12.1 Å². The van der Waals surface area contributed by atoms with Crippen molar-refractivity contribution >= 4 is 11.4 Å². The minimum absolute atomic E-state index is 0.0355. The van der Waals surface area contributed by atoms with E-state index in [0.717, 1.165) is 13.1 Å². The molecule has 0 spiro atoms. The summed E-state index contributed by atoms with van der Waals surface area (Å²) in [6.07, 6.45) is 0. The Balaban J connectivity index is 2.79. The Morgan fingerprint density at radius 1 is 1.39 bits per heavy atom. The van der Waals surface area contributed by atoms with Crippen LogP contribution >= 0.6 is 0 Å². The highest BCUT2D eigenvalue weighted by Gasteiger charge is 2.10. The quantitative estimate of drug-likeness (QED) is 0.594. The molecule has 1 aromatic carbocycles. The smallest absolute Gasteiger partial charge is 0.275 e. The van der Waals surface area contributed by atoms with E-state index in [0.29, 0.717) is 18.0 Å². The van der Waals surface area contributed by atoms with Gasteiger partial charge in [-0.25, -0.2) is 0 Å². The molecule has 0 saturated carbocycles. The Hall–Kier alpha value is -1.82. The van der Waals surface area contributed by atoms with Gasteiger partial charge in [0.25, 0.3) is 5.69 Å². The van der Waals surface area contributed by atoms with Gasteiger partial charge in [0, 0.05) is 30.9 Å². The van der Waals surface area contributed by atoms with Gasteiger partial charge in [0.15, 0.2) is 0 Å². The lowest BCUT2D eigenvalue weighted by Crippen LogP contribution is -2.20. The second-order valence-corrected chi connectivity index (χ2v) is 4.14. The Morgan fingerprint density at radius 2 is 2.11 bits per heavy atom. The molecule has 0 aromatic heterocycles. The molecule has 6 nitrogen and oxygen atoms in total. The summed E-state index contributed by atoms with van der Waals surface area (Å²) >= 11 is 0. The van der Waals surface area contributed by atoms with E-state index in [2.05, 4.69) is 5.32 Å². The molecule has 0 radical (unpaired) electrons. The van der Waals surface area contributed by atoms with Gasteiger partial charge in [0.1, 0.15) is 5.75 Å². The molecule has 1 aromatic rings. The normalized spacial score (nSPS) is 10.4. The average molecular weight is 253 g/mol. The summed E-state index contributed by atoms with van der Waals surface area (Å²) < 4.78 is 5.31. The molecule has 0 bridgehead atoms. The molecule has 0 saturated heterocycles. The first-order chi connectivity index (χ1) is 8.52. The van der Waals surface area contributed by atoms with E-state index in [1.807, 2.05) is 25.9 Å². The minimum atomic E-state index is -0.417. The van der Waals surface area contributed by atoms with E-state index >= 15 is 0 Å². The fraction of sp³-hybridized carbons (Fsp3) is 0.500. The summed E-state index contributed by atoms with van der Waals surface area (Å²) in [5, 5.41) is 13.9. The maximum Gasteiger partial charge on any atom is 0.275 e. The molecule has 0 aliphatic heterocycles. The minimum Gasteiger partial charge on any atom is -0.494 e. The van der Waals surface area contributed by atoms with Gasteiger partial charge < -0.3 is 15.0 Å². The SMILES string of the molecule is CCOc1cc(NCCN(C)C)cc([N+](=O)[O-])c1. The maximum absolute atomic E-state index is 10.8. The number of anilines is 1. The third kappa shape index (κ3) is 4.58. The number of nitro groups is 1. The van der Waals surface area contributed by atoms with Crippen molar-refractivity contribution in [3.8, 4) is 5.75 Å². The molecular weight excluding hydrogens is 234 g/mol. The molecule has 0 heterocycles. The molecule has 18 heavy (non-hydrogen) atoms. The van der Waals surface area contributed by atoms with E-state index in [1.54, 1.807) is 6.07 Å². The van der Waals surface area contributed by atoms with E-state index in [4.69, 9.17) is 4.74 Å². The molecule has 1 N–H and O–H groups in total. The fourth-order valence-corrected chi connectivity index (χ4v) is 1.46. The second kappa shape index (κ2) is 6.80. The van der Waals surface area contributed by atoms with Gasteiger partial charge in [-0.15, -0.1) is 0 Å². The standard InChI is InChI=1S/C12H19N3O3/c1-4-18-12-8-10(13-5-6-14(2)3)7-11(9-12)15(16)17/h7-9,13H,4-6H2,1-3H3. The van der Waals surface area contributed by atoms with Crippen LogP contribution in [0.5, 0.6) is 5.75 Å². The molecule has 1 rings (SSSR count). The summed E-state index contributed by atoms with van der Waals surface area (Å²) in [4.78, 5) is 12.4. The number of benzene rings is 1. The van der Waals surface area contributed by atoms with Gasteiger partial charge in [0.05, 0.1) is 17.6 Å². The van der Waals surface area contributed by atoms with E-state index < -0.39 is 4.92 Å². The van der Waals surface area contributed by atoms with E-state index in [-0.39, 0.29) is 5.69 Å². The number of nitro benzene ring substituents is 1. The zero-order valence-corrected chi connectivity index (χ0v) is 11.0. The third-order valence-electron chi connectivity index (χ3n) is 2.30. The Bertz CT molecular complexity index is 408. The van der Waals surface area contributed by atoms with Crippen molar-refractivity contribution in [2.45, 2.75) is 6.92 Å². The molecule has 100 valence electrons. The Morgan fingerprint density at radius 3 is 2.67 bits per heavy atom. The summed E-state index contributed by atoms with van der Waals surface area (Å²) in [6.45, 7) is 3.91. The molecule has 0 unspecified atom stereocenters. The topological polar surface area (TPSA) is 67.6 Å². The average Bonchev–Trinajstić information content (AvgIpc) is 2.28. The molecule has 0 aliphatic rings. The van der Waals surface area contributed by atoms with Crippen molar-refractivity contribution in [1.29, 1.82) is 0 Å². The third-order valence-corrected chi connectivity index (χ3v) is 2.30. The van der Waals surface area contributed by atoms with Crippen LogP contribution in [0.1, 0.15) is 6.92 Å². The lowest BCUT2D eigenvalue weighted by molar-refractivity contribution is -0.384. The highest BCUT2D eigenvalue weighted by atomic mass is 16.6. The van der Waals surface area contributed by atoms with E-state index in [9.17, 15) is 10.1 Å². The van der Waals surface area contributed by atoms with Crippen LogP contribution in [0.2, 0.25) is 0 Å². The summed E-state index contributed by atoms with van der Waals surface area (Å²) in [5.41, 5.74) is 0.739. The Kier molecular flexibility index (Phi) is 5.38. The number of ether oxygens (including phenoxy) is 1. The van der Waals surface area contributed by atoms with Crippen molar-refractivity contribution in [2.24, 2.45) is 0 Å². The lowest BCUT2D eigenvalue weighted by Gasteiger charge is -2.12. The molecule has 6 heteroatoms. The van der Waals surface area contributed by atoms with Crippen molar-refractivity contribution in [1.82, 2.24) is 4.90 Å². The van der Waals surface area contributed by atoms with Crippen LogP contribution in [-0.2, 0) is 0 Å². The largest absolute Gasteiger partial charge is 0.494 e. The summed E-state index contributed by atoms with van der Waals surface area (Å²) in [6, 6.07) is 4.71. The molecule has 0 atom stereocenters. The van der Waals surface area contributed by atoms with Gasteiger partial charge in [0.2, 0.25) is 0 Å². The molecule has 0 fully saturated rings. The molecule has 0 aliphatic carbocycles. The lowest BCUT2D eigenvalue weighted by atomic mass is 10.2. The predicted octanol–water partition coefficient (Wildman–Crippen LogP) is 1.97. The number of hydrogen-bond donors (Lipinski definition) is 1. The number of rotatable bonds is 7. The van der Waals surface area contributed by atoms with Crippen LogP contribution in [0.25, 0.3) is 0 Å². The Labute approximate surface area is 107 Å². The van der Waals surface area contributed by atoms with Crippen LogP contribution in [0.3, 0.4) is 0 Å². The number of non-ortho nitro benzene ring substituents is 1. The van der Waals surface area contributed by atoms with Gasteiger partial charge in [-0.1, -0.05) is 0 Å².